The number of hydrogen-bond acceptors (Lipinski definition) is 2. The van der Waals surface area contributed by atoms with Crippen LogP contribution in [0.5, 0.6) is 0 Å². The zero-order valence-electron chi connectivity index (χ0n) is 7.24. The smallest absolute Gasteiger partial charge is 0.356 e. The van der Waals surface area contributed by atoms with Crippen molar-refractivity contribution in [3.8, 4) is 0 Å². The molecule has 0 aromatic carbocycles. The van der Waals surface area contributed by atoms with Crippen LogP contribution in [-0.2, 0) is 13.0 Å². The molecule has 66 valence electrons. The van der Waals surface area contributed by atoms with Gasteiger partial charge in [-0.1, -0.05) is 6.92 Å². The average Bonchev–Trinajstić information content (AvgIpc) is 2.47. The van der Waals surface area contributed by atoms with E-state index in [-0.39, 0.29) is 5.69 Å². The molecule has 0 saturated carbocycles. The fourth-order valence-electron chi connectivity index (χ4n) is 1.06. The Morgan fingerprint density at radius 1 is 1.67 bits per heavy atom. The molecule has 4 heteroatoms. The van der Waals surface area contributed by atoms with Crippen LogP contribution in [0.25, 0.3) is 0 Å². The molecule has 0 amide bonds. The summed E-state index contributed by atoms with van der Waals surface area (Å²) in [6, 6.07) is 0. The molecule has 0 bridgehead atoms. The maximum Gasteiger partial charge on any atom is 0.356 e. The van der Waals surface area contributed by atoms with Gasteiger partial charge in [0, 0.05) is 18.3 Å². The van der Waals surface area contributed by atoms with Gasteiger partial charge in [-0.3, -0.25) is 4.68 Å². The topological polar surface area (TPSA) is 55.1 Å². The van der Waals surface area contributed by atoms with E-state index in [9.17, 15) is 4.79 Å². The standard InChI is InChI=1S/C8H12N2O2/c1-3-6-5-10(4-2)9-7(6)8(11)12/h5H,3-4H2,1-2H3,(H,11,12). The van der Waals surface area contributed by atoms with E-state index in [2.05, 4.69) is 5.10 Å². The summed E-state index contributed by atoms with van der Waals surface area (Å²) in [6.07, 6.45) is 2.49. The minimum absolute atomic E-state index is 0.180. The summed E-state index contributed by atoms with van der Waals surface area (Å²) >= 11 is 0. The van der Waals surface area contributed by atoms with E-state index in [0.29, 0.717) is 13.0 Å². The zero-order valence-corrected chi connectivity index (χ0v) is 7.24. The third kappa shape index (κ3) is 1.47. The third-order valence-corrected chi connectivity index (χ3v) is 1.74. The number of aromatic nitrogens is 2. The van der Waals surface area contributed by atoms with Gasteiger partial charge in [0.2, 0.25) is 0 Å². The molecule has 1 aromatic rings. The summed E-state index contributed by atoms with van der Waals surface area (Å²) in [5.41, 5.74) is 0.976. The minimum Gasteiger partial charge on any atom is -0.476 e. The van der Waals surface area contributed by atoms with Crippen LogP contribution in [0, 0.1) is 0 Å². The van der Waals surface area contributed by atoms with Gasteiger partial charge in [-0.25, -0.2) is 4.79 Å². The molecule has 0 radical (unpaired) electrons. The number of hydrogen-bond donors (Lipinski definition) is 1. The zero-order chi connectivity index (χ0) is 9.14. The number of nitrogens with zero attached hydrogens (tertiary/aromatic N) is 2. The van der Waals surface area contributed by atoms with E-state index in [1.165, 1.54) is 0 Å². The first kappa shape index (κ1) is 8.77. The van der Waals surface area contributed by atoms with Crippen LogP contribution < -0.4 is 0 Å². The van der Waals surface area contributed by atoms with Crippen LogP contribution in [0.15, 0.2) is 6.20 Å². The van der Waals surface area contributed by atoms with E-state index in [0.717, 1.165) is 5.56 Å². The van der Waals surface area contributed by atoms with Gasteiger partial charge in [-0.05, 0) is 13.3 Å². The molecule has 4 nitrogen and oxygen atoms in total. The molecule has 1 aromatic heterocycles. The Labute approximate surface area is 70.8 Å². The predicted octanol–water partition coefficient (Wildman–Crippen LogP) is 1.16. The molecular formula is C8H12N2O2. The molecule has 1 N–H and O–H groups in total. The van der Waals surface area contributed by atoms with Gasteiger partial charge in [0.15, 0.2) is 5.69 Å². The van der Waals surface area contributed by atoms with Gasteiger partial charge in [0.05, 0.1) is 0 Å². The largest absolute Gasteiger partial charge is 0.476 e. The highest BCUT2D eigenvalue weighted by Gasteiger charge is 2.12. The Balaban J connectivity index is 3.08. The molecular weight excluding hydrogens is 156 g/mol. The van der Waals surface area contributed by atoms with Crippen molar-refractivity contribution in [3.05, 3.63) is 17.5 Å². The van der Waals surface area contributed by atoms with Gasteiger partial charge < -0.3 is 5.11 Å². The van der Waals surface area contributed by atoms with Gasteiger partial charge in [0.25, 0.3) is 0 Å². The maximum atomic E-state index is 10.6. The molecule has 1 heterocycles. The van der Waals surface area contributed by atoms with Crippen molar-refractivity contribution in [3.63, 3.8) is 0 Å². The number of carboxylic acids is 1. The number of aromatic carboxylic acids is 1. The first-order valence-corrected chi connectivity index (χ1v) is 3.98. The van der Waals surface area contributed by atoms with Crippen molar-refractivity contribution in [2.24, 2.45) is 0 Å². The molecule has 12 heavy (non-hydrogen) atoms. The van der Waals surface area contributed by atoms with E-state index < -0.39 is 5.97 Å². The fraction of sp³-hybridized carbons (Fsp3) is 0.500. The second kappa shape index (κ2) is 3.38. The number of carbonyl (C=O) groups is 1. The molecule has 0 spiro atoms. The van der Waals surface area contributed by atoms with Crippen molar-refractivity contribution in [2.45, 2.75) is 26.8 Å². The summed E-state index contributed by atoms with van der Waals surface area (Å²) in [4.78, 5) is 10.6. The molecule has 0 unspecified atom stereocenters. The summed E-state index contributed by atoms with van der Waals surface area (Å²) in [5, 5.41) is 12.6. The summed E-state index contributed by atoms with van der Waals surface area (Å²) < 4.78 is 1.64. The summed E-state index contributed by atoms with van der Waals surface area (Å²) in [7, 11) is 0. The Morgan fingerprint density at radius 2 is 2.33 bits per heavy atom. The number of rotatable bonds is 3. The van der Waals surface area contributed by atoms with Crippen LogP contribution in [0.1, 0.15) is 29.9 Å². The normalized spacial score (nSPS) is 10.2. The molecule has 0 saturated heterocycles. The molecule has 0 aliphatic rings. The Hall–Kier alpha value is -1.32. The van der Waals surface area contributed by atoms with E-state index in [4.69, 9.17) is 5.11 Å². The van der Waals surface area contributed by atoms with E-state index >= 15 is 0 Å². The monoisotopic (exact) mass is 168 g/mol. The highest BCUT2D eigenvalue weighted by atomic mass is 16.4. The summed E-state index contributed by atoms with van der Waals surface area (Å²) in [6.45, 7) is 4.56. The van der Waals surface area contributed by atoms with Gasteiger partial charge in [0.1, 0.15) is 0 Å². The maximum absolute atomic E-state index is 10.6. The molecule has 0 atom stereocenters. The third-order valence-electron chi connectivity index (χ3n) is 1.74. The van der Waals surface area contributed by atoms with Gasteiger partial charge in [-0.2, -0.15) is 5.10 Å². The van der Waals surface area contributed by atoms with Crippen molar-refractivity contribution >= 4 is 5.97 Å². The quantitative estimate of drug-likeness (QED) is 0.736. The van der Waals surface area contributed by atoms with Crippen LogP contribution in [0.3, 0.4) is 0 Å². The lowest BCUT2D eigenvalue weighted by Crippen LogP contribution is -2.02. The van der Waals surface area contributed by atoms with Crippen LogP contribution in [0.2, 0.25) is 0 Å². The lowest BCUT2D eigenvalue weighted by molar-refractivity contribution is 0.0688. The number of aryl methyl sites for hydroxylation is 2. The SMILES string of the molecule is CCc1cn(CC)nc1C(=O)O. The first-order valence-electron chi connectivity index (χ1n) is 3.98. The highest BCUT2D eigenvalue weighted by molar-refractivity contribution is 5.86. The fourth-order valence-corrected chi connectivity index (χ4v) is 1.06. The predicted molar refractivity (Wildman–Crippen MR) is 44.2 cm³/mol. The minimum atomic E-state index is -0.945. The van der Waals surface area contributed by atoms with Crippen molar-refractivity contribution in [1.29, 1.82) is 0 Å². The molecule has 1 rings (SSSR count). The van der Waals surface area contributed by atoms with Crippen LogP contribution in [0.4, 0.5) is 0 Å². The lowest BCUT2D eigenvalue weighted by atomic mass is 10.2. The Morgan fingerprint density at radius 3 is 2.67 bits per heavy atom. The van der Waals surface area contributed by atoms with E-state index in [1.54, 1.807) is 10.9 Å². The second-order valence-electron chi connectivity index (χ2n) is 2.52. The molecule has 0 aliphatic carbocycles. The molecule has 0 fully saturated rings. The van der Waals surface area contributed by atoms with Crippen molar-refractivity contribution in [1.82, 2.24) is 9.78 Å². The van der Waals surface area contributed by atoms with Crippen molar-refractivity contribution in [2.75, 3.05) is 0 Å². The van der Waals surface area contributed by atoms with Gasteiger partial charge in [-0.15, -0.1) is 0 Å². The average molecular weight is 168 g/mol. The Kier molecular flexibility index (Phi) is 2.47. The van der Waals surface area contributed by atoms with Crippen molar-refractivity contribution < 1.29 is 9.90 Å². The van der Waals surface area contributed by atoms with Crippen LogP contribution >= 0.6 is 0 Å². The molecule has 0 aliphatic heterocycles. The summed E-state index contributed by atoms with van der Waals surface area (Å²) in [5.74, 6) is -0.945. The lowest BCUT2D eigenvalue weighted by Gasteiger charge is -1.89. The second-order valence-corrected chi connectivity index (χ2v) is 2.52. The highest BCUT2D eigenvalue weighted by Crippen LogP contribution is 2.07. The van der Waals surface area contributed by atoms with Gasteiger partial charge >= 0.3 is 5.97 Å². The number of carboxylic acid groups (broad SMARTS) is 1. The van der Waals surface area contributed by atoms with Crippen LogP contribution in [-0.4, -0.2) is 20.9 Å². The van der Waals surface area contributed by atoms with E-state index in [1.807, 2.05) is 13.8 Å². The first-order chi connectivity index (χ1) is 5.69. The Bertz CT molecular complexity index is 291.